The van der Waals surface area contributed by atoms with Crippen molar-refractivity contribution in [3.05, 3.63) is 54.4 Å². The summed E-state index contributed by atoms with van der Waals surface area (Å²) in [4.78, 5) is 22.2. The van der Waals surface area contributed by atoms with Crippen LogP contribution in [0, 0.1) is 6.92 Å². The maximum atomic E-state index is 12.2. The van der Waals surface area contributed by atoms with Crippen LogP contribution in [0.4, 0.5) is 5.69 Å². The lowest BCUT2D eigenvalue weighted by Gasteiger charge is -2.08. The third-order valence-corrected chi connectivity index (χ3v) is 5.09. The van der Waals surface area contributed by atoms with Crippen molar-refractivity contribution in [1.29, 1.82) is 0 Å². The number of rotatable bonds is 5. The monoisotopic (exact) mass is 355 g/mol. The van der Waals surface area contributed by atoms with Crippen LogP contribution in [0.2, 0.25) is 0 Å². The minimum atomic E-state index is -0.0430. The smallest absolute Gasteiger partial charge is 0.234 e. The van der Waals surface area contributed by atoms with Gasteiger partial charge < -0.3 is 5.32 Å². The first-order valence-electron chi connectivity index (χ1n) is 7.46. The number of carbonyl (C=O) groups is 1. The van der Waals surface area contributed by atoms with Gasteiger partial charge >= 0.3 is 0 Å². The fourth-order valence-corrected chi connectivity index (χ4v) is 3.62. The van der Waals surface area contributed by atoms with Crippen molar-refractivity contribution in [3.63, 3.8) is 0 Å². The van der Waals surface area contributed by atoms with E-state index in [-0.39, 0.29) is 5.91 Å². The van der Waals surface area contributed by atoms with Gasteiger partial charge in [-0.3, -0.25) is 4.79 Å². The average Bonchev–Trinajstić information content (AvgIpc) is 2.59. The van der Waals surface area contributed by atoms with Gasteiger partial charge in [-0.05, 0) is 37.4 Å². The Morgan fingerprint density at radius 2 is 1.96 bits per heavy atom. The molecule has 0 unspecified atom stereocenters. The zero-order chi connectivity index (χ0) is 16.9. The quantitative estimate of drug-likeness (QED) is 0.543. The Morgan fingerprint density at radius 1 is 1.12 bits per heavy atom. The molecule has 1 amide bonds. The van der Waals surface area contributed by atoms with Gasteiger partial charge in [0.05, 0.1) is 11.3 Å². The molecule has 0 aliphatic rings. The minimum Gasteiger partial charge on any atom is -0.325 e. The Kier molecular flexibility index (Phi) is 5.37. The summed E-state index contributed by atoms with van der Waals surface area (Å²) >= 11 is 3.08. The van der Waals surface area contributed by atoms with Crippen LogP contribution in [0.5, 0.6) is 0 Å². The number of benzene rings is 2. The first kappa shape index (κ1) is 16.8. The van der Waals surface area contributed by atoms with Crippen LogP contribution in [0.25, 0.3) is 10.9 Å². The molecule has 2 aromatic carbocycles. The highest BCUT2D eigenvalue weighted by Crippen LogP contribution is 2.25. The van der Waals surface area contributed by atoms with Crippen LogP contribution in [-0.4, -0.2) is 27.9 Å². The van der Waals surface area contributed by atoms with E-state index >= 15 is 0 Å². The van der Waals surface area contributed by atoms with Gasteiger partial charge in [-0.2, -0.15) is 0 Å². The Morgan fingerprint density at radius 3 is 2.79 bits per heavy atom. The lowest BCUT2D eigenvalue weighted by atomic mass is 10.2. The molecule has 0 fully saturated rings. The second-order valence-electron chi connectivity index (χ2n) is 5.16. The van der Waals surface area contributed by atoms with Gasteiger partial charge in [-0.25, -0.2) is 9.97 Å². The molecule has 3 aromatic rings. The van der Waals surface area contributed by atoms with Crippen molar-refractivity contribution in [2.24, 2.45) is 0 Å². The van der Waals surface area contributed by atoms with Crippen LogP contribution < -0.4 is 5.32 Å². The topological polar surface area (TPSA) is 54.9 Å². The fourth-order valence-electron chi connectivity index (χ4n) is 2.30. The summed E-state index contributed by atoms with van der Waals surface area (Å²) in [5.74, 6) is 0.979. The molecule has 4 nitrogen and oxygen atoms in total. The summed E-state index contributed by atoms with van der Waals surface area (Å²) in [6, 6.07) is 15.7. The number of para-hydroxylation sites is 1. The summed E-state index contributed by atoms with van der Waals surface area (Å²) in [6.07, 6.45) is 2.01. The van der Waals surface area contributed by atoms with E-state index in [2.05, 4.69) is 15.3 Å². The van der Waals surface area contributed by atoms with Crippen LogP contribution in [0.3, 0.4) is 0 Å². The van der Waals surface area contributed by atoms with Gasteiger partial charge in [0.1, 0.15) is 10.9 Å². The number of anilines is 1. The Hall–Kier alpha value is -2.05. The molecule has 0 saturated heterocycles. The molecule has 0 atom stereocenters. The number of nitrogens with zero attached hydrogens (tertiary/aromatic N) is 2. The number of aryl methyl sites for hydroxylation is 1. The molecule has 1 aromatic heterocycles. The Labute approximate surface area is 149 Å². The van der Waals surface area contributed by atoms with E-state index in [0.29, 0.717) is 11.6 Å². The SMILES string of the molecule is CSc1cccc(NC(=O)CSc2nc(C)nc3ccccc23)c1. The molecule has 1 heterocycles. The zero-order valence-corrected chi connectivity index (χ0v) is 15.1. The number of aromatic nitrogens is 2. The van der Waals surface area contributed by atoms with E-state index in [9.17, 15) is 4.79 Å². The van der Waals surface area contributed by atoms with Crippen LogP contribution in [-0.2, 0) is 4.79 Å². The molecule has 24 heavy (non-hydrogen) atoms. The predicted molar refractivity (Wildman–Crippen MR) is 102 cm³/mol. The normalized spacial score (nSPS) is 10.8. The van der Waals surface area contributed by atoms with Gasteiger partial charge in [-0.1, -0.05) is 36.0 Å². The highest BCUT2D eigenvalue weighted by molar-refractivity contribution is 8.00. The Bertz CT molecular complexity index is 883. The molecule has 0 spiro atoms. The van der Waals surface area contributed by atoms with E-state index in [1.807, 2.05) is 61.7 Å². The summed E-state index contributed by atoms with van der Waals surface area (Å²) in [7, 11) is 0. The molecular weight excluding hydrogens is 338 g/mol. The average molecular weight is 355 g/mol. The van der Waals surface area contributed by atoms with E-state index in [0.717, 1.165) is 26.5 Å². The second-order valence-corrected chi connectivity index (χ2v) is 7.01. The highest BCUT2D eigenvalue weighted by Gasteiger charge is 2.09. The molecule has 3 rings (SSSR count). The van der Waals surface area contributed by atoms with Gasteiger partial charge in [0.25, 0.3) is 0 Å². The van der Waals surface area contributed by atoms with Gasteiger partial charge in [0, 0.05) is 16.0 Å². The molecule has 0 radical (unpaired) electrons. The number of carbonyl (C=O) groups excluding carboxylic acids is 1. The highest BCUT2D eigenvalue weighted by atomic mass is 32.2. The van der Waals surface area contributed by atoms with Crippen LogP contribution >= 0.6 is 23.5 Å². The third kappa shape index (κ3) is 4.07. The first-order valence-corrected chi connectivity index (χ1v) is 9.67. The number of amides is 1. The standard InChI is InChI=1S/C18H17N3OS2/c1-12-19-16-9-4-3-8-15(16)18(20-12)24-11-17(22)21-13-6-5-7-14(10-13)23-2/h3-10H,11H2,1-2H3,(H,21,22). The maximum Gasteiger partial charge on any atom is 0.234 e. The number of nitrogens with one attached hydrogen (secondary N) is 1. The van der Waals surface area contributed by atoms with Gasteiger partial charge in [-0.15, -0.1) is 11.8 Å². The van der Waals surface area contributed by atoms with Crippen molar-refractivity contribution >= 4 is 46.0 Å². The van der Waals surface area contributed by atoms with Crippen LogP contribution in [0.1, 0.15) is 5.82 Å². The third-order valence-electron chi connectivity index (χ3n) is 3.37. The van der Waals surface area contributed by atoms with Crippen molar-refractivity contribution in [2.75, 3.05) is 17.3 Å². The number of hydrogen-bond acceptors (Lipinski definition) is 5. The van der Waals surface area contributed by atoms with E-state index < -0.39 is 0 Å². The second kappa shape index (κ2) is 7.68. The maximum absolute atomic E-state index is 12.2. The molecule has 122 valence electrons. The van der Waals surface area contributed by atoms with E-state index in [1.54, 1.807) is 11.8 Å². The van der Waals surface area contributed by atoms with Crippen molar-refractivity contribution < 1.29 is 4.79 Å². The molecule has 0 aliphatic carbocycles. The molecule has 0 bridgehead atoms. The Balaban J connectivity index is 1.70. The van der Waals surface area contributed by atoms with Crippen LogP contribution in [0.15, 0.2) is 58.5 Å². The predicted octanol–water partition coefficient (Wildman–Crippen LogP) is 4.39. The minimum absolute atomic E-state index is 0.0430. The number of hydrogen-bond donors (Lipinski definition) is 1. The number of thioether (sulfide) groups is 2. The van der Waals surface area contributed by atoms with E-state index in [4.69, 9.17) is 0 Å². The molecule has 0 aliphatic heterocycles. The first-order chi connectivity index (χ1) is 11.7. The van der Waals surface area contributed by atoms with Crippen molar-refractivity contribution in [2.45, 2.75) is 16.8 Å². The molecule has 1 N–H and O–H groups in total. The molecule has 6 heteroatoms. The molecule has 0 saturated carbocycles. The number of fused-ring (bicyclic) bond motifs is 1. The van der Waals surface area contributed by atoms with Gasteiger partial charge in [0.15, 0.2) is 0 Å². The van der Waals surface area contributed by atoms with E-state index in [1.165, 1.54) is 11.8 Å². The fraction of sp³-hybridized carbons (Fsp3) is 0.167. The van der Waals surface area contributed by atoms with Gasteiger partial charge in [0.2, 0.25) is 5.91 Å². The summed E-state index contributed by atoms with van der Waals surface area (Å²) < 4.78 is 0. The lowest BCUT2D eigenvalue weighted by Crippen LogP contribution is -2.14. The molecular formula is C18H17N3OS2. The lowest BCUT2D eigenvalue weighted by molar-refractivity contribution is -0.113. The zero-order valence-electron chi connectivity index (χ0n) is 13.4. The largest absolute Gasteiger partial charge is 0.325 e. The van der Waals surface area contributed by atoms with Crippen molar-refractivity contribution in [1.82, 2.24) is 9.97 Å². The van der Waals surface area contributed by atoms with Crippen molar-refractivity contribution in [3.8, 4) is 0 Å². The summed E-state index contributed by atoms with van der Waals surface area (Å²) in [6.45, 7) is 1.87. The summed E-state index contributed by atoms with van der Waals surface area (Å²) in [5, 5.41) is 4.75. The summed E-state index contributed by atoms with van der Waals surface area (Å²) in [5.41, 5.74) is 1.72.